The molecule has 1 aromatic carbocycles. The fourth-order valence-electron chi connectivity index (χ4n) is 2.13. The third kappa shape index (κ3) is 2.71. The van der Waals surface area contributed by atoms with Crippen molar-refractivity contribution >= 4 is 23.1 Å². The Kier molecular flexibility index (Phi) is 3.88. The van der Waals surface area contributed by atoms with Crippen molar-refractivity contribution in [1.29, 1.82) is 0 Å². The highest BCUT2D eigenvalue weighted by molar-refractivity contribution is 7.13. The van der Waals surface area contributed by atoms with E-state index in [1.165, 1.54) is 10.9 Å². The summed E-state index contributed by atoms with van der Waals surface area (Å²) in [6, 6.07) is 7.88. The van der Waals surface area contributed by atoms with Crippen molar-refractivity contribution < 1.29 is 4.79 Å². The van der Waals surface area contributed by atoms with Crippen LogP contribution in [0.2, 0.25) is 0 Å². The molecule has 6 nitrogen and oxygen atoms in total. The molecule has 0 unspecified atom stereocenters. The van der Waals surface area contributed by atoms with Gasteiger partial charge in [0.25, 0.3) is 5.91 Å². The number of hydrogen-bond donors (Lipinski definition) is 2. The molecule has 1 amide bonds. The van der Waals surface area contributed by atoms with Crippen LogP contribution in [0.3, 0.4) is 0 Å². The molecule has 0 aliphatic rings. The zero-order valence-electron chi connectivity index (χ0n) is 12.0. The van der Waals surface area contributed by atoms with Crippen molar-refractivity contribution in [2.75, 3.05) is 5.73 Å². The van der Waals surface area contributed by atoms with Crippen LogP contribution < -0.4 is 11.1 Å². The Morgan fingerprint density at radius 2 is 2.23 bits per heavy atom. The standard InChI is InChI=1S/C15H15N5OS/c1-20-13(16)12(9-19-20)14(21)18-8-10-4-2-3-5-11(10)15-17-6-7-22-15/h2-7,9H,8,16H2,1H3,(H,18,21). The van der Waals surface area contributed by atoms with E-state index in [-0.39, 0.29) is 5.91 Å². The van der Waals surface area contributed by atoms with E-state index in [4.69, 9.17) is 5.73 Å². The van der Waals surface area contributed by atoms with E-state index in [1.807, 2.05) is 29.6 Å². The summed E-state index contributed by atoms with van der Waals surface area (Å²) in [6.45, 7) is 0.406. The van der Waals surface area contributed by atoms with Crippen molar-refractivity contribution in [1.82, 2.24) is 20.1 Å². The first-order valence-corrected chi connectivity index (χ1v) is 7.58. The highest BCUT2D eigenvalue weighted by Crippen LogP contribution is 2.25. The smallest absolute Gasteiger partial charge is 0.256 e. The number of aryl methyl sites for hydroxylation is 1. The maximum atomic E-state index is 12.2. The average molecular weight is 313 g/mol. The molecule has 0 bridgehead atoms. The maximum absolute atomic E-state index is 12.2. The van der Waals surface area contributed by atoms with Crippen LogP contribution in [0.25, 0.3) is 10.6 Å². The van der Waals surface area contributed by atoms with Crippen LogP contribution in [0.4, 0.5) is 5.82 Å². The number of carbonyl (C=O) groups is 1. The maximum Gasteiger partial charge on any atom is 0.256 e. The van der Waals surface area contributed by atoms with Crippen molar-refractivity contribution in [2.24, 2.45) is 7.05 Å². The van der Waals surface area contributed by atoms with Gasteiger partial charge in [0.1, 0.15) is 16.4 Å². The van der Waals surface area contributed by atoms with Crippen molar-refractivity contribution in [3.8, 4) is 10.6 Å². The summed E-state index contributed by atoms with van der Waals surface area (Å²) < 4.78 is 1.47. The van der Waals surface area contributed by atoms with E-state index in [0.717, 1.165) is 16.1 Å². The Morgan fingerprint density at radius 3 is 2.91 bits per heavy atom. The molecular weight excluding hydrogens is 298 g/mol. The lowest BCUT2D eigenvalue weighted by Gasteiger charge is -2.09. The first-order valence-electron chi connectivity index (χ1n) is 6.70. The monoisotopic (exact) mass is 313 g/mol. The van der Waals surface area contributed by atoms with Gasteiger partial charge in [-0.05, 0) is 5.56 Å². The van der Waals surface area contributed by atoms with Gasteiger partial charge in [-0.25, -0.2) is 4.98 Å². The molecule has 0 atom stereocenters. The Bertz CT molecular complexity index is 794. The molecule has 0 aliphatic carbocycles. The molecule has 3 aromatic rings. The van der Waals surface area contributed by atoms with Crippen molar-refractivity contribution in [3.05, 3.63) is 53.2 Å². The lowest BCUT2D eigenvalue weighted by molar-refractivity contribution is 0.0952. The second-order valence-corrected chi connectivity index (χ2v) is 5.64. The van der Waals surface area contributed by atoms with Crippen LogP contribution in [0.5, 0.6) is 0 Å². The minimum atomic E-state index is -0.237. The highest BCUT2D eigenvalue weighted by Gasteiger charge is 2.14. The van der Waals surface area contributed by atoms with Crippen LogP contribution in [0.15, 0.2) is 42.0 Å². The third-order valence-corrected chi connectivity index (χ3v) is 4.16. The summed E-state index contributed by atoms with van der Waals surface area (Å²) in [6.07, 6.45) is 3.24. The molecule has 2 heterocycles. The molecule has 22 heavy (non-hydrogen) atoms. The lowest BCUT2D eigenvalue weighted by Crippen LogP contribution is -2.23. The zero-order valence-corrected chi connectivity index (χ0v) is 12.8. The first-order chi connectivity index (χ1) is 10.7. The van der Waals surface area contributed by atoms with Gasteiger partial charge in [-0.1, -0.05) is 24.3 Å². The number of amides is 1. The van der Waals surface area contributed by atoms with Gasteiger partial charge in [-0.3, -0.25) is 9.48 Å². The molecule has 0 spiro atoms. The summed E-state index contributed by atoms with van der Waals surface area (Å²) in [7, 11) is 1.70. The number of rotatable bonds is 4. The average Bonchev–Trinajstić information content (AvgIpc) is 3.17. The van der Waals surface area contributed by atoms with E-state index in [0.29, 0.717) is 17.9 Å². The minimum absolute atomic E-state index is 0.237. The second kappa shape index (κ2) is 5.98. The van der Waals surface area contributed by atoms with E-state index >= 15 is 0 Å². The molecule has 112 valence electrons. The van der Waals surface area contributed by atoms with E-state index in [2.05, 4.69) is 15.4 Å². The number of carbonyl (C=O) groups excluding carboxylic acids is 1. The molecule has 0 saturated heterocycles. The molecule has 0 saturated carbocycles. The van der Waals surface area contributed by atoms with Gasteiger partial charge in [0.15, 0.2) is 0 Å². The Labute approximate surface area is 131 Å². The zero-order chi connectivity index (χ0) is 15.5. The Balaban J connectivity index is 1.77. The van der Waals surface area contributed by atoms with Crippen LogP contribution in [0.1, 0.15) is 15.9 Å². The van der Waals surface area contributed by atoms with Crippen molar-refractivity contribution in [3.63, 3.8) is 0 Å². The Hall–Kier alpha value is -2.67. The molecular formula is C15H15N5OS. The van der Waals surface area contributed by atoms with Crippen LogP contribution >= 0.6 is 11.3 Å². The summed E-state index contributed by atoms with van der Waals surface area (Å²) in [4.78, 5) is 16.5. The largest absolute Gasteiger partial charge is 0.383 e. The normalized spacial score (nSPS) is 10.6. The predicted molar refractivity (Wildman–Crippen MR) is 86.3 cm³/mol. The molecule has 0 fully saturated rings. The van der Waals surface area contributed by atoms with Crippen molar-refractivity contribution in [2.45, 2.75) is 6.54 Å². The highest BCUT2D eigenvalue weighted by atomic mass is 32.1. The fourth-order valence-corrected chi connectivity index (χ4v) is 2.83. The summed E-state index contributed by atoms with van der Waals surface area (Å²) >= 11 is 1.57. The predicted octanol–water partition coefficient (Wildman–Crippen LogP) is 2.06. The fraction of sp³-hybridized carbons (Fsp3) is 0.133. The topological polar surface area (TPSA) is 85.8 Å². The number of nitrogens with zero attached hydrogens (tertiary/aromatic N) is 3. The molecule has 0 radical (unpaired) electrons. The summed E-state index contributed by atoms with van der Waals surface area (Å²) in [5, 5.41) is 9.72. The van der Waals surface area contributed by atoms with Crippen LogP contribution in [0, 0.1) is 0 Å². The first kappa shape index (κ1) is 14.3. The van der Waals surface area contributed by atoms with Gasteiger partial charge in [0.2, 0.25) is 0 Å². The SMILES string of the molecule is Cn1ncc(C(=O)NCc2ccccc2-c2nccs2)c1N. The van der Waals surface area contributed by atoms with Gasteiger partial charge in [-0.15, -0.1) is 11.3 Å². The number of benzene rings is 1. The number of nitrogens with two attached hydrogens (primary N) is 1. The molecule has 7 heteroatoms. The van der Waals surface area contributed by atoms with Gasteiger partial charge < -0.3 is 11.1 Å². The minimum Gasteiger partial charge on any atom is -0.383 e. The Morgan fingerprint density at radius 1 is 1.41 bits per heavy atom. The van der Waals surface area contributed by atoms with Gasteiger partial charge in [0, 0.05) is 30.7 Å². The number of anilines is 1. The number of thiazole rings is 1. The van der Waals surface area contributed by atoms with Gasteiger partial charge in [-0.2, -0.15) is 5.10 Å². The third-order valence-electron chi connectivity index (χ3n) is 3.35. The van der Waals surface area contributed by atoms with E-state index in [1.54, 1.807) is 24.6 Å². The van der Waals surface area contributed by atoms with E-state index < -0.39 is 0 Å². The van der Waals surface area contributed by atoms with E-state index in [9.17, 15) is 4.79 Å². The second-order valence-electron chi connectivity index (χ2n) is 4.74. The van der Waals surface area contributed by atoms with Gasteiger partial charge in [0.05, 0.1) is 6.20 Å². The molecule has 2 aromatic heterocycles. The number of nitrogen functional groups attached to an aromatic ring is 1. The number of aromatic nitrogens is 3. The quantitative estimate of drug-likeness (QED) is 0.772. The lowest BCUT2D eigenvalue weighted by atomic mass is 10.1. The van der Waals surface area contributed by atoms with Gasteiger partial charge >= 0.3 is 0 Å². The number of hydrogen-bond acceptors (Lipinski definition) is 5. The summed E-state index contributed by atoms with van der Waals surface area (Å²) in [5.74, 6) is 0.116. The molecule has 0 aliphatic heterocycles. The molecule has 3 rings (SSSR count). The number of nitrogens with one attached hydrogen (secondary N) is 1. The van der Waals surface area contributed by atoms with Crippen LogP contribution in [-0.4, -0.2) is 20.7 Å². The molecule has 3 N–H and O–H groups in total. The van der Waals surface area contributed by atoms with Crippen LogP contribution in [-0.2, 0) is 13.6 Å². The summed E-state index contributed by atoms with van der Waals surface area (Å²) in [5.41, 5.74) is 8.23.